The molecule has 0 amide bonds. The van der Waals surface area contributed by atoms with Crippen LogP contribution in [0.3, 0.4) is 0 Å². The van der Waals surface area contributed by atoms with Crippen LogP contribution in [0.1, 0.15) is 0 Å². The van der Waals surface area contributed by atoms with Crippen LogP contribution in [0.15, 0.2) is 158 Å². The van der Waals surface area contributed by atoms with Crippen molar-refractivity contribution in [2.45, 2.75) is 0 Å². The molecule has 0 aromatic heterocycles. The Labute approximate surface area is 277 Å². The van der Waals surface area contributed by atoms with Crippen molar-refractivity contribution in [1.82, 2.24) is 0 Å². The van der Waals surface area contributed by atoms with Crippen LogP contribution < -0.4 is 0 Å². The predicted molar refractivity (Wildman–Crippen MR) is 178 cm³/mol. The second-order valence-electron chi connectivity index (χ2n) is 10.7. The van der Waals surface area contributed by atoms with Gasteiger partial charge in [0.25, 0.3) is 0 Å². The third-order valence-electron chi connectivity index (χ3n) is 8.27. The van der Waals surface area contributed by atoms with E-state index in [0.29, 0.717) is 0 Å². The van der Waals surface area contributed by atoms with E-state index >= 15 is 0 Å². The maximum absolute atomic E-state index is 3.75. The SMILES string of the molecule is [Y].[c-]1ccccc1-c1[c-]c(-c2c3ccccc3c(-c3ccccc3-c3cccc4ccccc34)c3ccccc23)ccc1. The van der Waals surface area contributed by atoms with Gasteiger partial charge in [0.2, 0.25) is 0 Å². The average Bonchev–Trinajstić information content (AvgIpc) is 3.07. The Kier molecular flexibility index (Phi) is 7.50. The van der Waals surface area contributed by atoms with E-state index in [4.69, 9.17) is 0 Å². The molecule has 0 N–H and O–H groups in total. The summed E-state index contributed by atoms with van der Waals surface area (Å²) in [4.78, 5) is 0. The molecule has 0 atom stereocenters. The van der Waals surface area contributed by atoms with E-state index < -0.39 is 0 Å². The van der Waals surface area contributed by atoms with Gasteiger partial charge in [-0.2, -0.15) is 42.0 Å². The average molecular weight is 620 g/mol. The van der Waals surface area contributed by atoms with Crippen LogP contribution in [-0.2, 0) is 32.7 Å². The maximum atomic E-state index is 3.75. The molecule has 8 aromatic rings. The zero-order valence-electron chi connectivity index (χ0n) is 23.6. The van der Waals surface area contributed by atoms with Crippen molar-refractivity contribution < 1.29 is 32.7 Å². The summed E-state index contributed by atoms with van der Waals surface area (Å²) in [6, 6.07) is 63.5. The molecule has 8 aromatic carbocycles. The van der Waals surface area contributed by atoms with Crippen LogP contribution >= 0.6 is 0 Å². The summed E-state index contributed by atoms with van der Waals surface area (Å²) < 4.78 is 0. The number of benzene rings is 8. The first kappa shape index (κ1) is 27.5. The molecule has 1 radical (unpaired) electrons. The summed E-state index contributed by atoms with van der Waals surface area (Å²) in [6.07, 6.45) is 0. The van der Waals surface area contributed by atoms with Crippen LogP contribution in [0.5, 0.6) is 0 Å². The fourth-order valence-corrected chi connectivity index (χ4v) is 6.44. The first-order valence-electron chi connectivity index (χ1n) is 14.4. The van der Waals surface area contributed by atoms with Crippen LogP contribution in [0, 0.1) is 12.1 Å². The molecule has 199 valence electrons. The molecule has 8 rings (SSSR count). The Hall–Kier alpha value is -4.36. The fourth-order valence-electron chi connectivity index (χ4n) is 6.44. The summed E-state index contributed by atoms with van der Waals surface area (Å²) >= 11 is 0. The molecule has 0 bridgehead atoms. The molecular weight excluding hydrogens is 593 g/mol. The number of fused-ring (bicyclic) bond motifs is 3. The number of rotatable bonds is 4. The molecule has 43 heavy (non-hydrogen) atoms. The Morgan fingerprint density at radius 2 is 0.814 bits per heavy atom. The summed E-state index contributed by atoms with van der Waals surface area (Å²) in [5.74, 6) is 0. The van der Waals surface area contributed by atoms with Crippen LogP contribution in [0.25, 0.3) is 76.8 Å². The van der Waals surface area contributed by atoms with Gasteiger partial charge in [-0.15, -0.1) is 23.8 Å². The van der Waals surface area contributed by atoms with Gasteiger partial charge < -0.3 is 0 Å². The van der Waals surface area contributed by atoms with Crippen LogP contribution in [-0.4, -0.2) is 0 Å². The molecule has 0 aliphatic rings. The molecule has 1 heteroatoms. The van der Waals surface area contributed by atoms with Gasteiger partial charge in [0.15, 0.2) is 0 Å². The van der Waals surface area contributed by atoms with Crippen molar-refractivity contribution in [3.05, 3.63) is 170 Å². The normalized spacial score (nSPS) is 11.1. The minimum atomic E-state index is 0. The van der Waals surface area contributed by atoms with Crippen molar-refractivity contribution in [3.63, 3.8) is 0 Å². The molecule has 0 aliphatic heterocycles. The smallest absolute Gasteiger partial charge is 0 e. The van der Waals surface area contributed by atoms with E-state index in [1.807, 2.05) is 12.1 Å². The predicted octanol–water partition coefficient (Wildman–Crippen LogP) is 11.4. The minimum absolute atomic E-state index is 0. The third-order valence-corrected chi connectivity index (χ3v) is 8.27. The van der Waals surface area contributed by atoms with Crippen LogP contribution in [0.2, 0.25) is 0 Å². The molecule has 0 nitrogen and oxygen atoms in total. The second-order valence-corrected chi connectivity index (χ2v) is 10.7. The molecule has 0 unspecified atom stereocenters. The van der Waals surface area contributed by atoms with Crippen molar-refractivity contribution in [2.75, 3.05) is 0 Å². The van der Waals surface area contributed by atoms with Gasteiger partial charge in [-0.3, -0.25) is 0 Å². The first-order valence-corrected chi connectivity index (χ1v) is 14.4. The largest absolute Gasteiger partial charge is 0.209 e. The zero-order chi connectivity index (χ0) is 27.9. The van der Waals surface area contributed by atoms with E-state index in [1.165, 1.54) is 60.1 Å². The molecule has 0 fully saturated rings. The second kappa shape index (κ2) is 11.7. The Morgan fingerprint density at radius 1 is 0.326 bits per heavy atom. The fraction of sp³-hybridized carbons (Fsp3) is 0. The minimum Gasteiger partial charge on any atom is -0.209 e. The van der Waals surface area contributed by atoms with Gasteiger partial charge in [0.05, 0.1) is 0 Å². The van der Waals surface area contributed by atoms with E-state index in [9.17, 15) is 0 Å². The summed E-state index contributed by atoms with van der Waals surface area (Å²) in [7, 11) is 0. The summed E-state index contributed by atoms with van der Waals surface area (Å²) in [6.45, 7) is 0. The van der Waals surface area contributed by atoms with E-state index in [1.54, 1.807) is 0 Å². The van der Waals surface area contributed by atoms with Gasteiger partial charge in [0.1, 0.15) is 0 Å². The monoisotopic (exact) mass is 619 g/mol. The molecule has 0 heterocycles. The Bertz CT molecular complexity index is 2180. The molecule has 0 saturated carbocycles. The van der Waals surface area contributed by atoms with Crippen LogP contribution in [0.4, 0.5) is 0 Å². The molecule has 0 spiro atoms. The van der Waals surface area contributed by atoms with E-state index in [0.717, 1.165) is 16.7 Å². The Balaban J connectivity index is 0.00000300. The van der Waals surface area contributed by atoms with E-state index in [2.05, 4.69) is 158 Å². The summed E-state index contributed by atoms with van der Waals surface area (Å²) in [5.41, 5.74) is 9.40. The maximum Gasteiger partial charge on any atom is 0 e. The van der Waals surface area contributed by atoms with Gasteiger partial charge in [-0.1, -0.05) is 121 Å². The van der Waals surface area contributed by atoms with Crippen molar-refractivity contribution in [2.24, 2.45) is 0 Å². The Morgan fingerprint density at radius 3 is 1.51 bits per heavy atom. The van der Waals surface area contributed by atoms with Gasteiger partial charge in [-0.25, -0.2) is 5.56 Å². The zero-order valence-corrected chi connectivity index (χ0v) is 26.4. The van der Waals surface area contributed by atoms with E-state index in [-0.39, 0.29) is 32.7 Å². The number of hydrogen-bond acceptors (Lipinski definition) is 0. The molecule has 0 aliphatic carbocycles. The van der Waals surface area contributed by atoms with Crippen molar-refractivity contribution >= 4 is 32.3 Å². The molecule has 0 saturated heterocycles. The number of hydrogen-bond donors (Lipinski definition) is 0. The summed E-state index contributed by atoms with van der Waals surface area (Å²) in [5, 5.41) is 7.45. The quantitative estimate of drug-likeness (QED) is 0.136. The van der Waals surface area contributed by atoms with Gasteiger partial charge in [-0.05, 0) is 54.6 Å². The van der Waals surface area contributed by atoms with Gasteiger partial charge in [0, 0.05) is 32.7 Å². The third kappa shape index (κ3) is 4.82. The molecular formula is C42H26Y-2. The van der Waals surface area contributed by atoms with Gasteiger partial charge >= 0.3 is 0 Å². The van der Waals surface area contributed by atoms with Crippen molar-refractivity contribution in [3.8, 4) is 44.5 Å². The first-order chi connectivity index (χ1) is 20.9. The topological polar surface area (TPSA) is 0 Å². The standard InChI is InChI=1S/C42H26.Y/c1-2-14-29(15-3-1)31-18-12-19-32(28-31)41-37-23-8-10-25-39(37)42(40-26-11-9-24-38(40)41)36-22-7-6-21-35(36)34-27-13-17-30-16-4-5-20-33(30)34;/h1-14,16-27H;/q-2;. The van der Waals surface area contributed by atoms with Crippen molar-refractivity contribution in [1.29, 1.82) is 0 Å².